The molecule has 6 nitrogen and oxygen atoms in total. The minimum Gasteiger partial charge on any atom is -0.316 e. The van der Waals surface area contributed by atoms with Crippen LogP contribution >= 0.6 is 24.0 Å². The molecule has 0 spiro atoms. The third-order valence-corrected chi connectivity index (χ3v) is 4.97. The SMILES string of the molecule is Cl.N#Cc1ccc(Cl)c(-c2ccc3[nH]nc(NC(=O)[C@@H]4CCNC4)c3c2)c1. The van der Waals surface area contributed by atoms with E-state index in [0.29, 0.717) is 22.9 Å². The lowest BCUT2D eigenvalue weighted by Gasteiger charge is -2.09. The summed E-state index contributed by atoms with van der Waals surface area (Å²) in [5, 5.41) is 23.8. The van der Waals surface area contributed by atoms with E-state index < -0.39 is 0 Å². The summed E-state index contributed by atoms with van der Waals surface area (Å²) in [6, 6.07) is 13.0. The zero-order valence-electron chi connectivity index (χ0n) is 14.3. The van der Waals surface area contributed by atoms with E-state index in [4.69, 9.17) is 16.9 Å². The predicted octanol–water partition coefficient (Wildman–Crippen LogP) is 3.72. The number of amides is 1. The molecule has 2 aromatic carbocycles. The highest BCUT2D eigenvalue weighted by molar-refractivity contribution is 6.33. The van der Waals surface area contributed by atoms with Crippen LogP contribution in [-0.4, -0.2) is 29.2 Å². The van der Waals surface area contributed by atoms with Crippen molar-refractivity contribution in [3.63, 3.8) is 0 Å². The summed E-state index contributed by atoms with van der Waals surface area (Å²) in [5.74, 6) is 0.441. The number of fused-ring (bicyclic) bond motifs is 1. The summed E-state index contributed by atoms with van der Waals surface area (Å²) in [5.41, 5.74) is 2.99. The van der Waals surface area contributed by atoms with E-state index in [1.165, 1.54) is 0 Å². The molecule has 3 N–H and O–H groups in total. The van der Waals surface area contributed by atoms with Crippen LogP contribution in [0.5, 0.6) is 0 Å². The Morgan fingerprint density at radius 2 is 2.15 bits per heavy atom. The number of aromatic nitrogens is 2. The molecule has 0 aliphatic carbocycles. The molecule has 1 atom stereocenters. The van der Waals surface area contributed by atoms with E-state index in [1.54, 1.807) is 18.2 Å². The molecule has 138 valence electrons. The molecular formula is C19H17Cl2N5O. The molecule has 0 unspecified atom stereocenters. The van der Waals surface area contributed by atoms with Gasteiger partial charge < -0.3 is 10.6 Å². The molecule has 3 aromatic rings. The molecule has 27 heavy (non-hydrogen) atoms. The van der Waals surface area contributed by atoms with Crippen molar-refractivity contribution in [2.45, 2.75) is 6.42 Å². The van der Waals surface area contributed by atoms with Crippen LogP contribution in [0.3, 0.4) is 0 Å². The van der Waals surface area contributed by atoms with Crippen molar-refractivity contribution in [2.75, 3.05) is 18.4 Å². The Bertz CT molecular complexity index is 1030. The first-order valence-corrected chi connectivity index (χ1v) is 8.73. The van der Waals surface area contributed by atoms with Gasteiger partial charge in [0, 0.05) is 22.5 Å². The van der Waals surface area contributed by atoms with E-state index in [9.17, 15) is 4.79 Å². The highest BCUT2D eigenvalue weighted by Gasteiger charge is 2.23. The number of benzene rings is 2. The minimum atomic E-state index is -0.0355. The highest BCUT2D eigenvalue weighted by Crippen LogP contribution is 2.32. The second-order valence-corrected chi connectivity index (χ2v) is 6.73. The predicted molar refractivity (Wildman–Crippen MR) is 108 cm³/mol. The number of rotatable bonds is 3. The summed E-state index contributed by atoms with van der Waals surface area (Å²) >= 11 is 6.31. The maximum Gasteiger partial charge on any atom is 0.230 e. The van der Waals surface area contributed by atoms with Gasteiger partial charge in [-0.3, -0.25) is 9.89 Å². The van der Waals surface area contributed by atoms with Crippen molar-refractivity contribution in [2.24, 2.45) is 5.92 Å². The van der Waals surface area contributed by atoms with Gasteiger partial charge in [0.1, 0.15) is 0 Å². The summed E-state index contributed by atoms with van der Waals surface area (Å²) in [6.07, 6.45) is 0.829. The molecular weight excluding hydrogens is 385 g/mol. The first kappa shape index (κ1) is 19.2. The number of hydrogen-bond donors (Lipinski definition) is 3. The van der Waals surface area contributed by atoms with Crippen LogP contribution in [0.25, 0.3) is 22.0 Å². The second-order valence-electron chi connectivity index (χ2n) is 6.32. The molecule has 0 saturated carbocycles. The zero-order chi connectivity index (χ0) is 18.1. The molecule has 4 rings (SSSR count). The number of halogens is 2. The molecule has 1 aliphatic rings. The van der Waals surface area contributed by atoms with Gasteiger partial charge in [-0.25, -0.2) is 0 Å². The number of nitriles is 1. The summed E-state index contributed by atoms with van der Waals surface area (Å²) in [4.78, 5) is 12.4. The van der Waals surface area contributed by atoms with Gasteiger partial charge in [0.05, 0.1) is 23.1 Å². The smallest absolute Gasteiger partial charge is 0.230 e. The van der Waals surface area contributed by atoms with Crippen molar-refractivity contribution in [1.29, 1.82) is 5.26 Å². The van der Waals surface area contributed by atoms with Crippen LogP contribution in [0.15, 0.2) is 36.4 Å². The summed E-state index contributed by atoms with van der Waals surface area (Å²) in [7, 11) is 0. The molecule has 1 aromatic heterocycles. The van der Waals surface area contributed by atoms with Crippen molar-refractivity contribution < 1.29 is 4.79 Å². The highest BCUT2D eigenvalue weighted by atomic mass is 35.5. The van der Waals surface area contributed by atoms with Gasteiger partial charge in [0.25, 0.3) is 0 Å². The van der Waals surface area contributed by atoms with Crippen LogP contribution in [0.1, 0.15) is 12.0 Å². The second kappa shape index (κ2) is 7.97. The number of nitrogens with one attached hydrogen (secondary N) is 3. The Morgan fingerprint density at radius 3 is 2.89 bits per heavy atom. The number of aromatic amines is 1. The lowest BCUT2D eigenvalue weighted by Crippen LogP contribution is -2.24. The van der Waals surface area contributed by atoms with Gasteiger partial charge in [-0.05, 0) is 48.9 Å². The normalized spacial score (nSPS) is 15.9. The molecule has 1 aliphatic heterocycles. The monoisotopic (exact) mass is 401 g/mol. The largest absolute Gasteiger partial charge is 0.316 e. The molecule has 1 fully saturated rings. The van der Waals surface area contributed by atoms with Gasteiger partial charge in [-0.15, -0.1) is 12.4 Å². The first-order chi connectivity index (χ1) is 12.7. The van der Waals surface area contributed by atoms with Crippen LogP contribution in [0.4, 0.5) is 5.82 Å². The zero-order valence-corrected chi connectivity index (χ0v) is 15.8. The Hall–Kier alpha value is -2.59. The Labute approximate surface area is 167 Å². The van der Waals surface area contributed by atoms with E-state index in [1.807, 2.05) is 18.2 Å². The number of hydrogen-bond acceptors (Lipinski definition) is 4. The average molecular weight is 402 g/mol. The molecule has 0 bridgehead atoms. The summed E-state index contributed by atoms with van der Waals surface area (Å²) in [6.45, 7) is 1.55. The van der Waals surface area contributed by atoms with Crippen LogP contribution in [0.2, 0.25) is 5.02 Å². The Balaban J connectivity index is 0.00000210. The van der Waals surface area contributed by atoms with Gasteiger partial charge in [0.2, 0.25) is 5.91 Å². The fourth-order valence-corrected chi connectivity index (χ4v) is 3.42. The maximum atomic E-state index is 12.4. The van der Waals surface area contributed by atoms with Crippen molar-refractivity contribution in [1.82, 2.24) is 15.5 Å². The topological polar surface area (TPSA) is 93.6 Å². The standard InChI is InChI=1S/C19H16ClN5O.ClH/c20-16-3-1-11(9-21)7-14(16)12-2-4-17-15(8-12)18(25-24-17)23-19(26)13-5-6-22-10-13;/h1-4,7-8,13,22H,5-6,10H2,(H2,23,24,25,26);1H/t13-;/m1./s1. The molecule has 2 heterocycles. The van der Waals surface area contributed by atoms with Gasteiger partial charge in [0.15, 0.2) is 5.82 Å². The van der Waals surface area contributed by atoms with E-state index in [2.05, 4.69) is 26.9 Å². The average Bonchev–Trinajstić information content (AvgIpc) is 3.32. The first-order valence-electron chi connectivity index (χ1n) is 8.35. The minimum absolute atomic E-state index is 0. The third-order valence-electron chi connectivity index (χ3n) is 4.64. The molecule has 1 amide bonds. The van der Waals surface area contributed by atoms with Gasteiger partial charge in [-0.2, -0.15) is 10.4 Å². The Kier molecular flexibility index (Phi) is 5.66. The maximum absolute atomic E-state index is 12.4. The number of nitrogens with zero attached hydrogens (tertiary/aromatic N) is 2. The molecule has 8 heteroatoms. The van der Waals surface area contributed by atoms with Crippen molar-refractivity contribution >= 4 is 46.6 Å². The van der Waals surface area contributed by atoms with E-state index in [0.717, 1.165) is 35.0 Å². The van der Waals surface area contributed by atoms with Crippen molar-refractivity contribution in [3.8, 4) is 17.2 Å². The Morgan fingerprint density at radius 1 is 1.30 bits per heavy atom. The van der Waals surface area contributed by atoms with Gasteiger partial charge in [-0.1, -0.05) is 17.7 Å². The van der Waals surface area contributed by atoms with Crippen LogP contribution < -0.4 is 10.6 Å². The van der Waals surface area contributed by atoms with Crippen molar-refractivity contribution in [3.05, 3.63) is 47.0 Å². The quantitative estimate of drug-likeness (QED) is 0.623. The molecule has 1 saturated heterocycles. The summed E-state index contributed by atoms with van der Waals surface area (Å²) < 4.78 is 0. The van der Waals surface area contributed by atoms with Gasteiger partial charge >= 0.3 is 0 Å². The third kappa shape index (κ3) is 3.76. The van der Waals surface area contributed by atoms with Crippen LogP contribution in [-0.2, 0) is 4.79 Å². The lowest BCUT2D eigenvalue weighted by molar-refractivity contribution is -0.119. The van der Waals surface area contributed by atoms with Crippen LogP contribution in [0, 0.1) is 17.2 Å². The number of carbonyl (C=O) groups is 1. The fraction of sp³-hybridized carbons (Fsp3) is 0.211. The number of H-pyrrole nitrogens is 1. The number of anilines is 1. The molecule has 0 radical (unpaired) electrons. The fourth-order valence-electron chi connectivity index (χ4n) is 3.19. The number of carbonyl (C=O) groups excluding carboxylic acids is 1. The lowest BCUT2D eigenvalue weighted by atomic mass is 10.0. The van der Waals surface area contributed by atoms with E-state index in [-0.39, 0.29) is 24.2 Å². The van der Waals surface area contributed by atoms with E-state index >= 15 is 0 Å².